The Morgan fingerprint density at radius 3 is 2.21 bits per heavy atom. The van der Waals surface area contributed by atoms with Crippen molar-refractivity contribution < 1.29 is 37.9 Å². The third-order valence-electron chi connectivity index (χ3n) is 3.83. The molecule has 166 valence electrons. The number of ether oxygens (including phenoxy) is 1. The molecule has 0 spiro atoms. The van der Waals surface area contributed by atoms with Crippen molar-refractivity contribution in [1.29, 1.82) is 0 Å². The summed E-state index contributed by atoms with van der Waals surface area (Å²) in [4.78, 5) is 31.7. The molecule has 10 heteroatoms. The molecule has 2 unspecified atom stereocenters. The van der Waals surface area contributed by atoms with Crippen molar-refractivity contribution in [3.8, 4) is 0 Å². The minimum atomic E-state index is -4.34. The van der Waals surface area contributed by atoms with E-state index in [4.69, 9.17) is 4.74 Å². The van der Waals surface area contributed by atoms with Gasteiger partial charge in [-0.1, -0.05) is 51.9 Å². The van der Waals surface area contributed by atoms with Crippen molar-refractivity contribution in [3.63, 3.8) is 0 Å². The molecule has 1 amide bonds. The minimum absolute atomic E-state index is 0.0577. The predicted molar refractivity (Wildman–Crippen MR) is 105 cm³/mol. The van der Waals surface area contributed by atoms with Gasteiger partial charge in [-0.2, -0.15) is 0 Å². The van der Waals surface area contributed by atoms with Gasteiger partial charge in [-0.25, -0.2) is 4.57 Å². The summed E-state index contributed by atoms with van der Waals surface area (Å²) in [6.45, 7) is 2.50. The summed E-state index contributed by atoms with van der Waals surface area (Å²) in [6, 6.07) is 0. The van der Waals surface area contributed by atoms with E-state index < -0.39 is 26.5 Å². The third-order valence-corrected chi connectivity index (χ3v) is 4.82. The fraction of sp³-hybridized carbons (Fsp3) is 0.889. The Morgan fingerprint density at radius 1 is 1.00 bits per heavy atom. The van der Waals surface area contributed by atoms with Crippen LogP contribution in [0.5, 0.6) is 0 Å². The number of carbonyl (C=O) groups excluding carboxylic acids is 2. The van der Waals surface area contributed by atoms with Crippen molar-refractivity contribution >= 4 is 19.7 Å². The van der Waals surface area contributed by atoms with Gasteiger partial charge in [-0.3, -0.25) is 18.6 Å². The molecular formula is C18H36NO8P. The van der Waals surface area contributed by atoms with Gasteiger partial charge in [0.2, 0.25) is 5.91 Å². The van der Waals surface area contributed by atoms with Gasteiger partial charge in [0, 0.05) is 19.9 Å². The van der Waals surface area contributed by atoms with Gasteiger partial charge in [0.05, 0.1) is 13.2 Å². The average molecular weight is 425 g/mol. The number of hydrogen-bond acceptors (Lipinski definition) is 7. The van der Waals surface area contributed by atoms with E-state index in [1.54, 1.807) is 0 Å². The molecule has 3 N–H and O–H groups in total. The number of carbonyl (C=O) groups is 2. The molecule has 0 heterocycles. The summed E-state index contributed by atoms with van der Waals surface area (Å²) in [5.41, 5.74) is 0. The second-order valence-corrected chi connectivity index (χ2v) is 8.10. The van der Waals surface area contributed by atoms with Gasteiger partial charge >= 0.3 is 13.8 Å². The molecule has 0 aromatic carbocycles. The molecule has 28 heavy (non-hydrogen) atoms. The van der Waals surface area contributed by atoms with E-state index in [-0.39, 0.29) is 32.1 Å². The highest BCUT2D eigenvalue weighted by molar-refractivity contribution is 7.47. The van der Waals surface area contributed by atoms with E-state index >= 15 is 0 Å². The number of esters is 1. The maximum atomic E-state index is 11.6. The Kier molecular flexibility index (Phi) is 16.3. The Labute approximate surface area is 167 Å². The summed E-state index contributed by atoms with van der Waals surface area (Å²) in [5.74, 6) is -0.703. The number of rotatable bonds is 18. The van der Waals surface area contributed by atoms with Crippen LogP contribution >= 0.6 is 7.82 Å². The van der Waals surface area contributed by atoms with E-state index in [9.17, 15) is 24.2 Å². The second kappa shape index (κ2) is 16.9. The summed E-state index contributed by atoms with van der Waals surface area (Å²) in [7, 11) is -4.34. The molecule has 0 aromatic heterocycles. The van der Waals surface area contributed by atoms with Crippen molar-refractivity contribution in [2.45, 2.75) is 77.7 Å². The molecule has 9 nitrogen and oxygen atoms in total. The second-order valence-electron chi connectivity index (χ2n) is 6.64. The highest BCUT2D eigenvalue weighted by Gasteiger charge is 2.23. The fourth-order valence-corrected chi connectivity index (χ4v) is 3.08. The number of aliphatic hydroxyl groups is 1. The molecule has 0 radical (unpaired) electrons. The lowest BCUT2D eigenvalue weighted by Crippen LogP contribution is -2.25. The van der Waals surface area contributed by atoms with Crippen LogP contribution in [0.2, 0.25) is 0 Å². The largest absolute Gasteiger partial charge is 0.472 e. The van der Waals surface area contributed by atoms with Crippen LogP contribution < -0.4 is 5.32 Å². The highest BCUT2D eigenvalue weighted by Crippen LogP contribution is 2.42. The molecular weight excluding hydrogens is 389 g/mol. The lowest BCUT2D eigenvalue weighted by molar-refractivity contribution is -0.147. The number of aliphatic hydroxyl groups excluding tert-OH is 1. The molecule has 0 rings (SSSR count). The molecule has 2 atom stereocenters. The number of phosphoric ester groups is 1. The third kappa shape index (κ3) is 18.4. The van der Waals surface area contributed by atoms with Crippen LogP contribution in [-0.2, 0) is 27.9 Å². The van der Waals surface area contributed by atoms with Crippen LogP contribution in [0.3, 0.4) is 0 Å². The average Bonchev–Trinajstić information content (AvgIpc) is 2.64. The van der Waals surface area contributed by atoms with Crippen LogP contribution in [-0.4, -0.2) is 54.3 Å². The van der Waals surface area contributed by atoms with Gasteiger partial charge in [0.15, 0.2) is 0 Å². The van der Waals surface area contributed by atoms with Crippen molar-refractivity contribution in [2.24, 2.45) is 0 Å². The van der Waals surface area contributed by atoms with Crippen LogP contribution in [0.1, 0.15) is 71.6 Å². The van der Waals surface area contributed by atoms with Gasteiger partial charge in [0.25, 0.3) is 0 Å². The highest BCUT2D eigenvalue weighted by atomic mass is 31.2. The Hall–Kier alpha value is -0.990. The molecule has 0 aliphatic heterocycles. The first-order valence-electron chi connectivity index (χ1n) is 9.97. The lowest BCUT2D eigenvalue weighted by Gasteiger charge is -2.15. The lowest BCUT2D eigenvalue weighted by atomic mass is 10.1. The maximum Gasteiger partial charge on any atom is 0.472 e. The number of hydrogen-bond donors (Lipinski definition) is 3. The van der Waals surface area contributed by atoms with Gasteiger partial charge < -0.3 is 20.1 Å². The topological polar surface area (TPSA) is 131 Å². The predicted octanol–water partition coefficient (Wildman–Crippen LogP) is 2.69. The number of unbranched alkanes of at least 4 members (excludes halogenated alkanes) is 7. The van der Waals surface area contributed by atoms with Gasteiger partial charge in [-0.15, -0.1) is 0 Å². The molecule has 0 aliphatic carbocycles. The maximum absolute atomic E-state index is 11.6. The van der Waals surface area contributed by atoms with Crippen LogP contribution in [0.25, 0.3) is 0 Å². The van der Waals surface area contributed by atoms with E-state index in [0.717, 1.165) is 19.3 Å². The summed E-state index contributed by atoms with van der Waals surface area (Å²) < 4.78 is 25.7. The molecule has 0 aliphatic rings. The Balaban J connectivity index is 3.68. The van der Waals surface area contributed by atoms with Crippen LogP contribution in [0, 0.1) is 0 Å². The van der Waals surface area contributed by atoms with Gasteiger partial charge in [-0.05, 0) is 6.42 Å². The van der Waals surface area contributed by atoms with E-state index in [2.05, 4.69) is 21.3 Å². The molecule has 0 fully saturated rings. The van der Waals surface area contributed by atoms with Crippen molar-refractivity contribution in [1.82, 2.24) is 5.32 Å². The van der Waals surface area contributed by atoms with E-state index in [0.29, 0.717) is 0 Å². The molecule has 0 saturated carbocycles. The zero-order chi connectivity index (χ0) is 21.3. The van der Waals surface area contributed by atoms with Crippen molar-refractivity contribution in [2.75, 3.05) is 26.4 Å². The molecule has 0 saturated heterocycles. The van der Waals surface area contributed by atoms with Crippen LogP contribution in [0.15, 0.2) is 0 Å². The Morgan fingerprint density at radius 2 is 1.61 bits per heavy atom. The molecule has 0 bridgehead atoms. The van der Waals surface area contributed by atoms with Crippen molar-refractivity contribution in [3.05, 3.63) is 0 Å². The quantitative estimate of drug-likeness (QED) is 0.174. The summed E-state index contributed by atoms with van der Waals surface area (Å²) >= 11 is 0. The van der Waals surface area contributed by atoms with E-state index in [1.807, 2.05) is 0 Å². The summed E-state index contributed by atoms with van der Waals surface area (Å²) in [6.07, 6.45) is 8.03. The van der Waals surface area contributed by atoms with Gasteiger partial charge in [0.1, 0.15) is 12.7 Å². The minimum Gasteiger partial charge on any atom is -0.463 e. The number of nitrogens with one attached hydrogen (secondary N) is 1. The zero-order valence-electron chi connectivity index (χ0n) is 17.1. The fourth-order valence-electron chi connectivity index (χ4n) is 2.32. The SMILES string of the molecule is CCCCCCCCCCC(=O)OCC(O)COP(=O)(O)OCCNC(C)=O. The first kappa shape index (κ1) is 27.0. The number of phosphoric acid groups is 1. The first-order chi connectivity index (χ1) is 13.3. The monoisotopic (exact) mass is 425 g/mol. The number of amides is 1. The standard InChI is InChI=1S/C18H36NO8P/c1-3-4-5-6-7-8-9-10-11-18(22)25-14-17(21)15-27-28(23,24)26-13-12-19-16(2)20/h17,21H,3-15H2,1-2H3,(H,19,20)(H,23,24). The van der Waals surface area contributed by atoms with E-state index in [1.165, 1.54) is 39.0 Å². The molecule has 0 aromatic rings. The normalized spacial score (nSPS) is 14.3. The first-order valence-corrected chi connectivity index (χ1v) is 11.5. The summed E-state index contributed by atoms with van der Waals surface area (Å²) in [5, 5.41) is 12.1. The smallest absolute Gasteiger partial charge is 0.463 e. The Bertz CT molecular complexity index is 475. The zero-order valence-corrected chi connectivity index (χ0v) is 18.0. The van der Waals surface area contributed by atoms with Crippen LogP contribution in [0.4, 0.5) is 0 Å².